The van der Waals surface area contributed by atoms with Crippen molar-refractivity contribution in [3.63, 3.8) is 0 Å². The van der Waals surface area contributed by atoms with Crippen LogP contribution in [0.1, 0.15) is 41.5 Å². The molecule has 0 spiro atoms. The van der Waals surface area contributed by atoms with Gasteiger partial charge in [0.1, 0.15) is 17.3 Å². The summed E-state index contributed by atoms with van der Waals surface area (Å²) in [5, 5.41) is 8.29. The van der Waals surface area contributed by atoms with Gasteiger partial charge in [-0.05, 0) is 43.7 Å². The Bertz CT molecular complexity index is 953. The summed E-state index contributed by atoms with van der Waals surface area (Å²) in [6.07, 6.45) is 2.56. The Balaban J connectivity index is 1.34. The molecule has 1 saturated heterocycles. The molecular weight excluding hydrogens is 365 g/mol. The van der Waals surface area contributed by atoms with E-state index in [1.165, 1.54) is 24.3 Å². The fourth-order valence-electron chi connectivity index (χ4n) is 3.14. The van der Waals surface area contributed by atoms with Crippen LogP contribution in [0.25, 0.3) is 0 Å². The molecule has 1 amide bonds. The van der Waals surface area contributed by atoms with Crippen LogP contribution in [-0.4, -0.2) is 43.8 Å². The quantitative estimate of drug-likeness (QED) is 0.648. The molecule has 1 atom stereocenters. The highest BCUT2D eigenvalue weighted by Gasteiger charge is 2.31. The Morgan fingerprint density at radius 1 is 1.32 bits per heavy atom. The van der Waals surface area contributed by atoms with Crippen molar-refractivity contribution in [3.8, 4) is 5.75 Å². The van der Waals surface area contributed by atoms with Gasteiger partial charge in [-0.2, -0.15) is 10.1 Å². The second-order valence-corrected chi connectivity index (χ2v) is 6.58. The van der Waals surface area contributed by atoms with Crippen molar-refractivity contribution >= 4 is 5.91 Å². The van der Waals surface area contributed by atoms with E-state index in [1.54, 1.807) is 21.8 Å². The lowest BCUT2D eigenvalue weighted by molar-refractivity contribution is 0.0783. The molecule has 0 N–H and O–H groups in total. The van der Waals surface area contributed by atoms with Gasteiger partial charge in [0, 0.05) is 31.7 Å². The molecule has 0 aliphatic carbocycles. The van der Waals surface area contributed by atoms with Gasteiger partial charge in [0.05, 0.1) is 0 Å². The van der Waals surface area contributed by atoms with E-state index in [2.05, 4.69) is 15.2 Å². The largest absolute Gasteiger partial charge is 0.484 e. The number of halogens is 1. The number of aromatic nitrogens is 4. The van der Waals surface area contributed by atoms with E-state index in [9.17, 15) is 9.18 Å². The van der Waals surface area contributed by atoms with Gasteiger partial charge in [0.25, 0.3) is 11.8 Å². The van der Waals surface area contributed by atoms with E-state index in [0.717, 1.165) is 13.0 Å². The molecule has 3 heterocycles. The van der Waals surface area contributed by atoms with Crippen molar-refractivity contribution in [2.75, 3.05) is 13.1 Å². The van der Waals surface area contributed by atoms with E-state index in [-0.39, 0.29) is 24.2 Å². The van der Waals surface area contributed by atoms with E-state index in [1.807, 2.05) is 6.92 Å². The monoisotopic (exact) mass is 385 g/mol. The van der Waals surface area contributed by atoms with Gasteiger partial charge in [0.2, 0.25) is 0 Å². The fraction of sp³-hybridized carbons (Fsp3) is 0.368. The number of benzene rings is 1. The molecule has 28 heavy (non-hydrogen) atoms. The summed E-state index contributed by atoms with van der Waals surface area (Å²) in [6, 6.07) is 7.45. The maximum atomic E-state index is 12.9. The standard InChI is InChI=1S/C19H20FN5O3/c1-2-25-10-8-16(22-25)19(26)24-9-7-13(11-24)18-21-17(28-23-18)12-27-15-5-3-14(20)4-6-15/h3-6,8,10,13H,2,7,9,11-12H2,1H3. The highest BCUT2D eigenvalue weighted by Crippen LogP contribution is 2.26. The predicted octanol–water partition coefficient (Wildman–Crippen LogP) is 2.63. The number of amides is 1. The molecule has 146 valence electrons. The van der Waals surface area contributed by atoms with Crippen LogP contribution in [0.4, 0.5) is 4.39 Å². The molecule has 3 aromatic rings. The summed E-state index contributed by atoms with van der Waals surface area (Å²) in [6.45, 7) is 3.94. The smallest absolute Gasteiger partial charge is 0.274 e. The Hall–Kier alpha value is -3.23. The van der Waals surface area contributed by atoms with E-state index in [0.29, 0.717) is 36.2 Å². The highest BCUT2D eigenvalue weighted by atomic mass is 19.1. The summed E-state index contributed by atoms with van der Waals surface area (Å²) in [7, 11) is 0. The molecule has 1 unspecified atom stereocenters. The van der Waals surface area contributed by atoms with Gasteiger partial charge >= 0.3 is 0 Å². The number of rotatable bonds is 6. The zero-order valence-corrected chi connectivity index (χ0v) is 15.4. The molecule has 0 bridgehead atoms. The number of hydrogen-bond donors (Lipinski definition) is 0. The van der Waals surface area contributed by atoms with Gasteiger partial charge in [-0.1, -0.05) is 5.16 Å². The van der Waals surface area contributed by atoms with E-state index < -0.39 is 0 Å². The molecule has 8 nitrogen and oxygen atoms in total. The minimum atomic E-state index is -0.325. The van der Waals surface area contributed by atoms with Crippen LogP contribution in [0.2, 0.25) is 0 Å². The molecule has 2 aromatic heterocycles. The molecule has 9 heteroatoms. The van der Waals surface area contributed by atoms with Crippen molar-refractivity contribution in [2.45, 2.75) is 32.4 Å². The van der Waals surface area contributed by atoms with Gasteiger partial charge in [-0.25, -0.2) is 4.39 Å². The number of carbonyl (C=O) groups excluding carboxylic acids is 1. The second-order valence-electron chi connectivity index (χ2n) is 6.58. The molecule has 1 aliphatic rings. The number of aryl methyl sites for hydroxylation is 1. The van der Waals surface area contributed by atoms with Crippen molar-refractivity contribution in [2.24, 2.45) is 0 Å². The first-order valence-corrected chi connectivity index (χ1v) is 9.16. The zero-order chi connectivity index (χ0) is 19.5. The topological polar surface area (TPSA) is 86.3 Å². The summed E-state index contributed by atoms with van der Waals surface area (Å²) < 4.78 is 25.4. The van der Waals surface area contributed by atoms with Crippen molar-refractivity contribution in [1.29, 1.82) is 0 Å². The van der Waals surface area contributed by atoms with Crippen LogP contribution in [-0.2, 0) is 13.2 Å². The number of carbonyl (C=O) groups is 1. The lowest BCUT2D eigenvalue weighted by atomic mass is 10.1. The average Bonchev–Trinajstić information content (AvgIpc) is 3.47. The van der Waals surface area contributed by atoms with E-state index in [4.69, 9.17) is 9.26 Å². The third kappa shape index (κ3) is 3.88. The van der Waals surface area contributed by atoms with Crippen molar-refractivity contribution in [1.82, 2.24) is 24.8 Å². The third-order valence-electron chi connectivity index (χ3n) is 4.68. The minimum absolute atomic E-state index is 0.0144. The maximum Gasteiger partial charge on any atom is 0.274 e. The van der Waals surface area contributed by atoms with Crippen LogP contribution in [0, 0.1) is 5.82 Å². The first kappa shape index (κ1) is 18.1. The third-order valence-corrected chi connectivity index (χ3v) is 4.68. The Morgan fingerprint density at radius 2 is 2.14 bits per heavy atom. The second kappa shape index (κ2) is 7.79. The van der Waals surface area contributed by atoms with Gasteiger partial charge in [-0.3, -0.25) is 9.48 Å². The fourth-order valence-corrected chi connectivity index (χ4v) is 3.14. The predicted molar refractivity (Wildman–Crippen MR) is 96.2 cm³/mol. The van der Waals surface area contributed by atoms with Crippen LogP contribution in [0.15, 0.2) is 41.1 Å². The van der Waals surface area contributed by atoms with Gasteiger partial charge in [-0.15, -0.1) is 0 Å². The first-order chi connectivity index (χ1) is 13.6. The number of hydrogen-bond acceptors (Lipinski definition) is 6. The average molecular weight is 385 g/mol. The SMILES string of the molecule is CCn1ccc(C(=O)N2CCC(c3noc(COc4ccc(F)cc4)n3)C2)n1. The summed E-state index contributed by atoms with van der Waals surface area (Å²) in [5.41, 5.74) is 0.448. The summed E-state index contributed by atoms with van der Waals surface area (Å²) >= 11 is 0. The van der Waals surface area contributed by atoms with Gasteiger partial charge < -0.3 is 14.2 Å². The molecule has 1 aromatic carbocycles. The van der Waals surface area contributed by atoms with Crippen LogP contribution >= 0.6 is 0 Å². The number of nitrogens with zero attached hydrogens (tertiary/aromatic N) is 5. The van der Waals surface area contributed by atoms with Crippen LogP contribution in [0.3, 0.4) is 0 Å². The van der Waals surface area contributed by atoms with Crippen LogP contribution in [0.5, 0.6) is 5.75 Å². The normalized spacial score (nSPS) is 16.5. The molecule has 1 fully saturated rings. The van der Waals surface area contributed by atoms with Gasteiger partial charge in [0.15, 0.2) is 12.4 Å². The van der Waals surface area contributed by atoms with E-state index >= 15 is 0 Å². The van der Waals surface area contributed by atoms with Crippen molar-refractivity contribution < 1.29 is 18.4 Å². The zero-order valence-electron chi connectivity index (χ0n) is 15.4. The Morgan fingerprint density at radius 3 is 2.89 bits per heavy atom. The lowest BCUT2D eigenvalue weighted by Crippen LogP contribution is -2.29. The first-order valence-electron chi connectivity index (χ1n) is 9.16. The minimum Gasteiger partial charge on any atom is -0.484 e. The molecule has 0 radical (unpaired) electrons. The summed E-state index contributed by atoms with van der Waals surface area (Å²) in [4.78, 5) is 18.7. The molecule has 1 aliphatic heterocycles. The Kier molecular flexibility index (Phi) is 5.05. The lowest BCUT2D eigenvalue weighted by Gasteiger charge is -2.14. The van der Waals surface area contributed by atoms with Crippen LogP contribution < -0.4 is 4.74 Å². The summed E-state index contributed by atoms with van der Waals surface area (Å²) in [5.74, 6) is 1.02. The maximum absolute atomic E-state index is 12.9. The Labute approximate surface area is 160 Å². The number of ether oxygens (including phenoxy) is 1. The molecule has 4 rings (SSSR count). The highest BCUT2D eigenvalue weighted by molar-refractivity contribution is 5.92. The number of likely N-dealkylation sites (tertiary alicyclic amines) is 1. The molecular formula is C19H20FN5O3. The molecule has 0 saturated carbocycles. The van der Waals surface area contributed by atoms with Crippen molar-refractivity contribution in [3.05, 3.63) is 59.8 Å².